The van der Waals surface area contributed by atoms with Crippen molar-refractivity contribution in [2.24, 2.45) is 4.99 Å². The van der Waals surface area contributed by atoms with Crippen molar-refractivity contribution in [3.63, 3.8) is 0 Å². The van der Waals surface area contributed by atoms with Crippen LogP contribution in [0.25, 0.3) is 0 Å². The van der Waals surface area contributed by atoms with Gasteiger partial charge in [-0.25, -0.2) is 4.99 Å². The summed E-state index contributed by atoms with van der Waals surface area (Å²) in [5, 5.41) is 7.96. The van der Waals surface area contributed by atoms with Crippen LogP contribution in [0.5, 0.6) is 0 Å². The van der Waals surface area contributed by atoms with Gasteiger partial charge in [-0.1, -0.05) is 30.3 Å². The Morgan fingerprint density at radius 2 is 1.86 bits per heavy atom. The normalized spacial score (nSPS) is 11.2. The minimum absolute atomic E-state index is 0.171. The number of nitrogens with zero attached hydrogens (tertiary/aromatic N) is 2. The summed E-state index contributed by atoms with van der Waals surface area (Å²) in [5.41, 5.74) is 0.757. The average molecular weight is 210 g/mol. The molecule has 0 heterocycles. The molecule has 74 valence electrons. The molecular formula is C10H12ClN3. The molecule has 4 heteroatoms. The lowest BCUT2D eigenvalue weighted by Gasteiger charge is -2.08. The molecule has 0 aliphatic carbocycles. The molecule has 0 spiro atoms. The van der Waals surface area contributed by atoms with E-state index in [2.05, 4.69) is 4.99 Å². The first-order chi connectivity index (χ1) is 6.61. The van der Waals surface area contributed by atoms with Crippen LogP contribution in [-0.4, -0.2) is 30.1 Å². The first-order valence-electron chi connectivity index (χ1n) is 4.16. The van der Waals surface area contributed by atoms with Gasteiger partial charge in [-0.15, -0.1) is 0 Å². The monoisotopic (exact) mass is 209 g/mol. The molecule has 0 bridgehead atoms. The largest absolute Gasteiger partial charge is 0.353 e. The van der Waals surface area contributed by atoms with Gasteiger partial charge in [0.15, 0.2) is 11.1 Å². The Labute approximate surface area is 88.5 Å². The third-order valence-corrected chi connectivity index (χ3v) is 2.04. The minimum Gasteiger partial charge on any atom is -0.353 e. The zero-order chi connectivity index (χ0) is 10.6. The van der Waals surface area contributed by atoms with Gasteiger partial charge in [0.05, 0.1) is 0 Å². The lowest BCUT2D eigenvalue weighted by atomic mass is 10.2. The molecule has 1 rings (SSSR count). The maximum Gasteiger partial charge on any atom is 0.200 e. The van der Waals surface area contributed by atoms with Crippen LogP contribution in [0.1, 0.15) is 5.56 Å². The Morgan fingerprint density at radius 3 is 2.36 bits per heavy atom. The van der Waals surface area contributed by atoms with Crippen LogP contribution >= 0.6 is 11.6 Å². The second-order valence-corrected chi connectivity index (χ2v) is 3.33. The molecule has 0 fully saturated rings. The molecule has 0 aliphatic heterocycles. The van der Waals surface area contributed by atoms with E-state index in [1.165, 1.54) is 0 Å². The van der Waals surface area contributed by atoms with Gasteiger partial charge in [0.25, 0.3) is 0 Å². The van der Waals surface area contributed by atoms with Crippen molar-refractivity contribution in [2.45, 2.75) is 0 Å². The van der Waals surface area contributed by atoms with E-state index in [1.54, 1.807) is 19.0 Å². The number of hydrogen-bond acceptors (Lipinski definition) is 1. The van der Waals surface area contributed by atoms with Gasteiger partial charge in [-0.3, -0.25) is 5.41 Å². The third-order valence-electron chi connectivity index (χ3n) is 1.62. The molecule has 0 unspecified atom stereocenters. The summed E-state index contributed by atoms with van der Waals surface area (Å²) >= 11 is 5.80. The van der Waals surface area contributed by atoms with Crippen LogP contribution in [0.2, 0.25) is 0 Å². The molecule has 0 amide bonds. The van der Waals surface area contributed by atoms with E-state index in [0.29, 0.717) is 5.29 Å². The first-order valence-corrected chi connectivity index (χ1v) is 4.54. The molecule has 0 saturated carbocycles. The number of benzene rings is 1. The molecule has 0 aliphatic rings. The Hall–Kier alpha value is -1.35. The van der Waals surface area contributed by atoms with E-state index in [0.717, 1.165) is 5.56 Å². The predicted molar refractivity (Wildman–Crippen MR) is 60.2 cm³/mol. The van der Waals surface area contributed by atoms with Gasteiger partial charge in [0.1, 0.15) is 0 Å². The summed E-state index contributed by atoms with van der Waals surface area (Å²) in [4.78, 5) is 5.59. The number of halogens is 1. The Morgan fingerprint density at radius 1 is 1.29 bits per heavy atom. The van der Waals surface area contributed by atoms with E-state index in [9.17, 15) is 0 Å². The van der Waals surface area contributed by atoms with Gasteiger partial charge in [0.2, 0.25) is 0 Å². The van der Waals surface area contributed by atoms with E-state index in [4.69, 9.17) is 17.0 Å². The Bertz CT molecular complexity index is 344. The zero-order valence-corrected chi connectivity index (χ0v) is 8.92. The number of hydrogen-bond donors (Lipinski definition) is 1. The maximum absolute atomic E-state index is 7.65. The van der Waals surface area contributed by atoms with E-state index >= 15 is 0 Å². The Balaban J connectivity index is 2.83. The highest BCUT2D eigenvalue weighted by molar-refractivity contribution is 6.65. The zero-order valence-electron chi connectivity index (χ0n) is 8.16. The highest BCUT2D eigenvalue weighted by atomic mass is 35.5. The smallest absolute Gasteiger partial charge is 0.200 e. The summed E-state index contributed by atoms with van der Waals surface area (Å²) in [5.74, 6) is 0.171. The summed E-state index contributed by atoms with van der Waals surface area (Å²) in [6.45, 7) is 0. The molecule has 0 aromatic heterocycles. The molecule has 3 nitrogen and oxygen atoms in total. The molecule has 14 heavy (non-hydrogen) atoms. The van der Waals surface area contributed by atoms with E-state index in [-0.39, 0.29) is 5.84 Å². The fourth-order valence-corrected chi connectivity index (χ4v) is 0.937. The second-order valence-electron chi connectivity index (χ2n) is 2.99. The van der Waals surface area contributed by atoms with Crippen LogP contribution in [0.3, 0.4) is 0 Å². The van der Waals surface area contributed by atoms with Crippen molar-refractivity contribution in [1.82, 2.24) is 4.90 Å². The second kappa shape index (κ2) is 4.77. The van der Waals surface area contributed by atoms with Gasteiger partial charge in [0, 0.05) is 19.7 Å². The van der Waals surface area contributed by atoms with Gasteiger partial charge >= 0.3 is 0 Å². The van der Waals surface area contributed by atoms with Gasteiger partial charge in [-0.05, 0) is 11.6 Å². The maximum atomic E-state index is 7.65. The van der Waals surface area contributed by atoms with Crippen LogP contribution in [0, 0.1) is 5.41 Å². The number of nitrogens with one attached hydrogen (secondary N) is 1. The summed E-state index contributed by atoms with van der Waals surface area (Å²) in [7, 11) is 3.56. The van der Waals surface area contributed by atoms with Crippen LogP contribution in [0.4, 0.5) is 0 Å². The Kier molecular flexibility index (Phi) is 3.65. The van der Waals surface area contributed by atoms with Crippen molar-refractivity contribution < 1.29 is 0 Å². The van der Waals surface area contributed by atoms with Crippen molar-refractivity contribution in [1.29, 1.82) is 5.41 Å². The average Bonchev–Trinajstić information content (AvgIpc) is 2.19. The summed E-state index contributed by atoms with van der Waals surface area (Å²) in [6.07, 6.45) is 0. The number of aliphatic imine (C=N–C) groups is 1. The molecule has 0 saturated heterocycles. The molecule has 0 atom stereocenters. The minimum atomic E-state index is 0.171. The van der Waals surface area contributed by atoms with Crippen LogP contribution in [-0.2, 0) is 0 Å². The van der Waals surface area contributed by atoms with Crippen molar-refractivity contribution >= 4 is 22.7 Å². The molecule has 1 aromatic rings. The highest BCUT2D eigenvalue weighted by Gasteiger charge is 2.01. The summed E-state index contributed by atoms with van der Waals surface area (Å²) in [6, 6.07) is 9.28. The first kappa shape index (κ1) is 10.7. The van der Waals surface area contributed by atoms with Gasteiger partial charge < -0.3 is 4.90 Å². The van der Waals surface area contributed by atoms with Crippen LogP contribution in [0.15, 0.2) is 35.3 Å². The quantitative estimate of drug-likeness (QED) is 0.430. The fourth-order valence-electron chi connectivity index (χ4n) is 0.853. The molecule has 1 N–H and O–H groups in total. The lowest BCUT2D eigenvalue weighted by molar-refractivity contribution is 0.636. The third kappa shape index (κ3) is 2.85. The summed E-state index contributed by atoms with van der Waals surface area (Å²) < 4.78 is 0. The molecule has 0 radical (unpaired) electrons. The highest BCUT2D eigenvalue weighted by Crippen LogP contribution is 2.02. The SMILES string of the molecule is CN(C)C(Cl)=NC(=N)c1ccccc1. The van der Waals surface area contributed by atoms with E-state index in [1.807, 2.05) is 30.3 Å². The standard InChI is InChI=1S/C10H12ClN3/c1-14(2)10(11)13-9(12)8-6-4-3-5-7-8/h3-7,12H,1-2H3. The molecular weight excluding hydrogens is 198 g/mol. The van der Waals surface area contributed by atoms with E-state index < -0.39 is 0 Å². The predicted octanol–water partition coefficient (Wildman–Crippen LogP) is 2.17. The lowest BCUT2D eigenvalue weighted by Crippen LogP contribution is -2.17. The van der Waals surface area contributed by atoms with Gasteiger partial charge in [-0.2, -0.15) is 0 Å². The van der Waals surface area contributed by atoms with Crippen molar-refractivity contribution in [3.05, 3.63) is 35.9 Å². The molecule has 1 aromatic carbocycles. The van der Waals surface area contributed by atoms with Crippen LogP contribution < -0.4 is 0 Å². The fraction of sp³-hybridized carbons (Fsp3) is 0.200. The topological polar surface area (TPSA) is 39.5 Å². The van der Waals surface area contributed by atoms with Crippen molar-refractivity contribution in [2.75, 3.05) is 14.1 Å². The van der Waals surface area contributed by atoms with Crippen molar-refractivity contribution in [3.8, 4) is 0 Å². The number of amidine groups is 2. The number of rotatable bonds is 1.